The third-order valence-corrected chi connectivity index (χ3v) is 3.65. The summed E-state index contributed by atoms with van der Waals surface area (Å²) in [6.07, 6.45) is 4.56. The number of rotatable bonds is 4. The van der Waals surface area contributed by atoms with Crippen LogP contribution < -0.4 is 0 Å². The number of pyridine rings is 1. The fourth-order valence-electron chi connectivity index (χ4n) is 2.41. The van der Waals surface area contributed by atoms with E-state index in [9.17, 15) is 9.59 Å². The Balaban J connectivity index is 0.00000116. The zero-order valence-electron chi connectivity index (χ0n) is 13.5. The lowest BCUT2D eigenvalue weighted by Gasteiger charge is -2.28. The highest BCUT2D eigenvalue weighted by atomic mass is 16.4. The van der Waals surface area contributed by atoms with Crippen LogP contribution >= 0.6 is 0 Å². The van der Waals surface area contributed by atoms with Crippen molar-refractivity contribution in [2.24, 2.45) is 0 Å². The molecule has 0 aromatic carbocycles. The Kier molecular flexibility index (Phi) is 7.36. The minimum atomic E-state index is -1.09. The lowest BCUT2D eigenvalue weighted by molar-refractivity contribution is -0.134. The zero-order valence-corrected chi connectivity index (χ0v) is 13.5. The van der Waals surface area contributed by atoms with Crippen LogP contribution in [-0.4, -0.2) is 58.1 Å². The molecule has 6 heteroatoms. The first-order chi connectivity index (χ1) is 10.6. The molecule has 1 N–H and O–H groups in total. The summed E-state index contributed by atoms with van der Waals surface area (Å²) in [4.78, 5) is 30.5. The number of amides is 2. The highest BCUT2D eigenvalue weighted by Gasteiger charge is 2.31. The van der Waals surface area contributed by atoms with Crippen molar-refractivity contribution in [3.63, 3.8) is 0 Å². The number of nitrogens with zero attached hydrogens (tertiary/aromatic N) is 3. The van der Waals surface area contributed by atoms with E-state index in [0.717, 1.165) is 36.4 Å². The second-order valence-corrected chi connectivity index (χ2v) is 5.00. The molecule has 1 atom stereocenters. The van der Waals surface area contributed by atoms with Crippen LogP contribution in [0.1, 0.15) is 32.3 Å². The van der Waals surface area contributed by atoms with E-state index in [4.69, 9.17) is 5.11 Å². The minimum Gasteiger partial charge on any atom is -0.465 e. The summed E-state index contributed by atoms with van der Waals surface area (Å²) >= 11 is 0. The molecule has 0 unspecified atom stereocenters. The van der Waals surface area contributed by atoms with Gasteiger partial charge in [-0.2, -0.15) is 0 Å². The van der Waals surface area contributed by atoms with E-state index in [1.807, 2.05) is 13.8 Å². The summed E-state index contributed by atoms with van der Waals surface area (Å²) in [7, 11) is 1.45. The second-order valence-electron chi connectivity index (χ2n) is 5.00. The number of carbonyl (C=O) groups excluding carboxylic acids is 1. The fraction of sp³-hybridized carbons (Fsp3) is 0.562. The molecular formula is C16H25N3O3. The highest BCUT2D eigenvalue weighted by molar-refractivity contribution is 5.85. The quantitative estimate of drug-likeness (QED) is 0.926. The molecule has 6 nitrogen and oxygen atoms in total. The Morgan fingerprint density at radius 2 is 1.82 bits per heavy atom. The Labute approximate surface area is 131 Å². The molecule has 1 saturated heterocycles. The van der Waals surface area contributed by atoms with Gasteiger partial charge >= 0.3 is 6.09 Å². The Hall–Kier alpha value is -2.11. The predicted molar refractivity (Wildman–Crippen MR) is 84.7 cm³/mol. The van der Waals surface area contributed by atoms with Gasteiger partial charge in [0, 0.05) is 39.0 Å². The van der Waals surface area contributed by atoms with E-state index in [1.54, 1.807) is 29.4 Å². The van der Waals surface area contributed by atoms with Gasteiger partial charge < -0.3 is 10.0 Å². The number of likely N-dealkylation sites (tertiary alicyclic amines) is 1. The molecule has 22 heavy (non-hydrogen) atoms. The molecule has 0 saturated carbocycles. The molecule has 0 aliphatic carbocycles. The first kappa shape index (κ1) is 17.9. The maximum atomic E-state index is 12.5. The predicted octanol–water partition coefficient (Wildman–Crippen LogP) is 2.25. The maximum Gasteiger partial charge on any atom is 0.407 e. The molecule has 1 aliphatic heterocycles. The number of hydrogen-bond acceptors (Lipinski definition) is 3. The van der Waals surface area contributed by atoms with Crippen LogP contribution in [0.15, 0.2) is 24.5 Å². The monoisotopic (exact) mass is 307 g/mol. The third kappa shape index (κ3) is 4.72. The van der Waals surface area contributed by atoms with Gasteiger partial charge in [-0.3, -0.25) is 14.7 Å². The van der Waals surface area contributed by atoms with Crippen molar-refractivity contribution in [1.29, 1.82) is 0 Å². The number of hydrogen-bond donors (Lipinski definition) is 1. The van der Waals surface area contributed by atoms with Crippen molar-refractivity contribution < 1.29 is 14.7 Å². The van der Waals surface area contributed by atoms with Crippen LogP contribution in [0.3, 0.4) is 0 Å². The van der Waals surface area contributed by atoms with Crippen molar-refractivity contribution in [1.82, 2.24) is 14.8 Å². The average molecular weight is 307 g/mol. The van der Waals surface area contributed by atoms with Gasteiger partial charge in [0.15, 0.2) is 0 Å². The van der Waals surface area contributed by atoms with Gasteiger partial charge in [-0.05, 0) is 30.5 Å². The van der Waals surface area contributed by atoms with Gasteiger partial charge in [-0.15, -0.1) is 0 Å². The summed E-state index contributed by atoms with van der Waals surface area (Å²) in [6, 6.07) is 2.94. The SMILES string of the molecule is CC.CN(C(=O)O)[C@H](Cc1ccncc1)C(=O)N1CCCC1. The van der Waals surface area contributed by atoms with Gasteiger partial charge in [0.05, 0.1) is 0 Å². The van der Waals surface area contributed by atoms with Gasteiger partial charge in [-0.25, -0.2) is 4.79 Å². The second kappa shape index (κ2) is 9.02. The van der Waals surface area contributed by atoms with Crippen LogP contribution in [0.2, 0.25) is 0 Å². The Morgan fingerprint density at radius 3 is 2.32 bits per heavy atom. The number of likely N-dealkylation sites (N-methyl/N-ethyl adjacent to an activating group) is 1. The molecule has 2 amide bonds. The molecule has 1 aliphatic rings. The molecule has 1 aromatic rings. The molecular weight excluding hydrogens is 282 g/mol. The van der Waals surface area contributed by atoms with E-state index in [2.05, 4.69) is 4.98 Å². The topological polar surface area (TPSA) is 73.7 Å². The largest absolute Gasteiger partial charge is 0.465 e. The normalized spacial score (nSPS) is 14.8. The standard InChI is InChI=1S/C14H19N3O3.C2H6/c1-16(14(19)20)12(10-11-4-6-15-7-5-11)13(18)17-8-2-3-9-17;1-2/h4-7,12H,2-3,8-10H2,1H3,(H,19,20);1-2H3/t12-;/m1./s1. The van der Waals surface area contributed by atoms with Crippen LogP contribution in [0.5, 0.6) is 0 Å². The van der Waals surface area contributed by atoms with Crippen LogP contribution in [0.4, 0.5) is 4.79 Å². The van der Waals surface area contributed by atoms with Crippen LogP contribution in [0.25, 0.3) is 0 Å². The molecule has 0 bridgehead atoms. The van der Waals surface area contributed by atoms with E-state index in [0.29, 0.717) is 6.42 Å². The van der Waals surface area contributed by atoms with Gasteiger partial charge in [-0.1, -0.05) is 13.8 Å². The molecule has 2 heterocycles. The van der Waals surface area contributed by atoms with E-state index < -0.39 is 12.1 Å². The Bertz CT molecular complexity index is 473. The molecule has 1 aromatic heterocycles. The first-order valence-corrected chi connectivity index (χ1v) is 7.73. The zero-order chi connectivity index (χ0) is 16.5. The third-order valence-electron chi connectivity index (χ3n) is 3.65. The van der Waals surface area contributed by atoms with E-state index >= 15 is 0 Å². The molecule has 0 radical (unpaired) electrons. The molecule has 1 fully saturated rings. The van der Waals surface area contributed by atoms with Gasteiger partial charge in [0.25, 0.3) is 0 Å². The summed E-state index contributed by atoms with van der Waals surface area (Å²) < 4.78 is 0. The fourth-order valence-corrected chi connectivity index (χ4v) is 2.41. The summed E-state index contributed by atoms with van der Waals surface area (Å²) in [5.41, 5.74) is 0.908. The summed E-state index contributed by atoms with van der Waals surface area (Å²) in [5.74, 6) is -0.107. The molecule has 122 valence electrons. The number of carbonyl (C=O) groups is 2. The molecule has 2 rings (SSSR count). The maximum absolute atomic E-state index is 12.5. The lowest BCUT2D eigenvalue weighted by Crippen LogP contribution is -2.49. The van der Waals surface area contributed by atoms with E-state index in [-0.39, 0.29) is 5.91 Å². The Morgan fingerprint density at radius 1 is 1.27 bits per heavy atom. The first-order valence-electron chi connectivity index (χ1n) is 7.73. The number of carboxylic acid groups (broad SMARTS) is 1. The van der Waals surface area contributed by atoms with Gasteiger partial charge in [0.1, 0.15) is 6.04 Å². The minimum absolute atomic E-state index is 0.107. The van der Waals surface area contributed by atoms with Crippen LogP contribution in [-0.2, 0) is 11.2 Å². The van der Waals surface area contributed by atoms with Crippen molar-refractivity contribution in [2.75, 3.05) is 20.1 Å². The molecule has 0 spiro atoms. The number of aromatic nitrogens is 1. The summed E-state index contributed by atoms with van der Waals surface area (Å²) in [6.45, 7) is 5.44. The van der Waals surface area contributed by atoms with Crippen molar-refractivity contribution in [3.8, 4) is 0 Å². The highest BCUT2D eigenvalue weighted by Crippen LogP contribution is 2.15. The van der Waals surface area contributed by atoms with Crippen molar-refractivity contribution in [2.45, 2.75) is 39.2 Å². The smallest absolute Gasteiger partial charge is 0.407 e. The lowest BCUT2D eigenvalue weighted by atomic mass is 10.1. The van der Waals surface area contributed by atoms with Gasteiger partial charge in [0.2, 0.25) is 5.91 Å². The van der Waals surface area contributed by atoms with E-state index in [1.165, 1.54) is 7.05 Å². The van der Waals surface area contributed by atoms with Crippen molar-refractivity contribution in [3.05, 3.63) is 30.1 Å². The summed E-state index contributed by atoms with van der Waals surface area (Å²) in [5, 5.41) is 9.16. The van der Waals surface area contributed by atoms with Crippen molar-refractivity contribution >= 4 is 12.0 Å². The average Bonchev–Trinajstić information content (AvgIpc) is 3.08. The van der Waals surface area contributed by atoms with Crippen LogP contribution in [0, 0.1) is 0 Å².